The number of amides is 2. The van der Waals surface area contributed by atoms with Crippen LogP contribution in [-0.2, 0) is 20.5 Å². The normalized spacial score (nSPS) is 28.9. The number of benzene rings is 3. The van der Waals surface area contributed by atoms with Gasteiger partial charge in [0, 0.05) is 38.6 Å². The molecule has 0 unspecified atom stereocenters. The second-order valence-electron chi connectivity index (χ2n) is 10.5. The molecule has 2 N–H and O–H groups in total. The summed E-state index contributed by atoms with van der Waals surface area (Å²) in [6, 6.07) is 15.3. The third-order valence-corrected chi connectivity index (χ3v) is 9.61. The van der Waals surface area contributed by atoms with Gasteiger partial charge in [-0.2, -0.15) is 0 Å². The van der Waals surface area contributed by atoms with E-state index in [1.54, 1.807) is 24.3 Å². The zero-order valence-corrected chi connectivity index (χ0v) is 22.5. The molecule has 4 heterocycles. The fourth-order valence-electron chi connectivity index (χ4n) is 7.67. The third-order valence-electron chi connectivity index (χ3n) is 8.85. The number of fused-ring (bicyclic) bond motifs is 7. The summed E-state index contributed by atoms with van der Waals surface area (Å²) in [5.41, 5.74) is 0.536. The Hall–Kier alpha value is -2.90. The van der Waals surface area contributed by atoms with Gasteiger partial charge in [0.15, 0.2) is 5.78 Å². The Balaban J connectivity index is 1.61. The van der Waals surface area contributed by atoms with E-state index in [1.807, 2.05) is 31.2 Å². The summed E-state index contributed by atoms with van der Waals surface area (Å²) in [5.74, 6) is -1.87. The first-order chi connectivity index (χ1) is 18.2. The van der Waals surface area contributed by atoms with Crippen LogP contribution in [0.4, 0.5) is 11.4 Å². The predicted octanol–water partition coefficient (Wildman–Crippen LogP) is 5.97. The molecule has 2 saturated heterocycles. The van der Waals surface area contributed by atoms with Gasteiger partial charge in [-0.15, -0.1) is 0 Å². The van der Waals surface area contributed by atoms with Gasteiger partial charge in [0.2, 0.25) is 5.91 Å². The second kappa shape index (κ2) is 8.06. The quantitative estimate of drug-likeness (QED) is 0.375. The third kappa shape index (κ3) is 2.71. The molecule has 192 valence electrons. The molecule has 2 amide bonds. The number of aryl methyl sites for hydroxylation is 1. The van der Waals surface area contributed by atoms with Crippen molar-refractivity contribution in [1.82, 2.24) is 4.90 Å². The van der Waals surface area contributed by atoms with E-state index in [2.05, 4.69) is 15.5 Å². The maximum atomic E-state index is 14.6. The average Bonchev–Trinajstić information content (AvgIpc) is 3.58. The largest absolute Gasteiger partial charge is 0.325 e. The molecule has 2 fully saturated rings. The van der Waals surface area contributed by atoms with E-state index in [0.717, 1.165) is 12.0 Å². The van der Waals surface area contributed by atoms with Crippen LogP contribution in [0.15, 0.2) is 54.6 Å². The smallest absolute Gasteiger partial charge is 0.251 e. The van der Waals surface area contributed by atoms with E-state index >= 15 is 0 Å². The molecule has 0 bridgehead atoms. The van der Waals surface area contributed by atoms with Crippen molar-refractivity contribution in [1.29, 1.82) is 0 Å². The number of rotatable bonds is 2. The average molecular weight is 567 g/mol. The van der Waals surface area contributed by atoms with Crippen LogP contribution in [0.3, 0.4) is 0 Å². The highest BCUT2D eigenvalue weighted by Crippen LogP contribution is 2.68. The molecule has 3 aromatic rings. The number of carbonyl (C=O) groups is 3. The first kappa shape index (κ1) is 24.2. The highest BCUT2D eigenvalue weighted by molar-refractivity contribution is 6.37. The number of carbonyl (C=O) groups excluding carboxylic acids is 3. The van der Waals surface area contributed by atoms with Crippen molar-refractivity contribution < 1.29 is 14.4 Å². The minimum Gasteiger partial charge on any atom is -0.325 e. The molecule has 6 nitrogen and oxygen atoms in total. The lowest BCUT2D eigenvalue weighted by Crippen LogP contribution is -2.62. The number of halogens is 3. The Morgan fingerprint density at radius 1 is 0.947 bits per heavy atom. The number of hydrogen-bond donors (Lipinski definition) is 2. The highest BCUT2D eigenvalue weighted by Gasteiger charge is 2.81. The summed E-state index contributed by atoms with van der Waals surface area (Å²) >= 11 is 19.3. The van der Waals surface area contributed by atoms with Crippen molar-refractivity contribution in [3.05, 3.63) is 91.9 Å². The number of ketones is 1. The molecule has 7 rings (SSSR count). The molecule has 2 spiro atoms. The summed E-state index contributed by atoms with van der Waals surface area (Å²) in [6.45, 7) is 2.43. The van der Waals surface area contributed by atoms with Crippen molar-refractivity contribution in [3.63, 3.8) is 0 Å². The molecular weight excluding hydrogens is 545 g/mol. The summed E-state index contributed by atoms with van der Waals surface area (Å²) in [7, 11) is 0. The van der Waals surface area contributed by atoms with Crippen LogP contribution >= 0.6 is 34.8 Å². The fraction of sp³-hybridized carbons (Fsp3) is 0.276. The van der Waals surface area contributed by atoms with Crippen molar-refractivity contribution in [2.24, 2.45) is 5.92 Å². The SMILES string of the molecule is Cc1cc(Cl)cc2c1NC(=O)[C@@]21N2CCC[C@@H]2[C@H](C(=O)c2ccc(Cl)cc2Cl)[C@]12C(=O)Nc1ccccc12. The summed E-state index contributed by atoms with van der Waals surface area (Å²) in [5, 5.41) is 7.19. The Labute approximate surface area is 234 Å². The number of nitrogens with one attached hydrogen (secondary N) is 2. The molecule has 4 aliphatic heterocycles. The maximum absolute atomic E-state index is 14.6. The lowest BCUT2D eigenvalue weighted by molar-refractivity contribution is -0.137. The number of nitrogens with zero attached hydrogens (tertiary/aromatic N) is 1. The van der Waals surface area contributed by atoms with E-state index in [-0.39, 0.29) is 34.2 Å². The second-order valence-corrected chi connectivity index (χ2v) is 11.8. The summed E-state index contributed by atoms with van der Waals surface area (Å²) in [6.07, 6.45) is 1.44. The van der Waals surface area contributed by atoms with Gasteiger partial charge in [-0.3, -0.25) is 19.3 Å². The zero-order chi connectivity index (χ0) is 26.6. The van der Waals surface area contributed by atoms with Gasteiger partial charge >= 0.3 is 0 Å². The molecule has 3 aromatic carbocycles. The highest BCUT2D eigenvalue weighted by atomic mass is 35.5. The first-order valence-electron chi connectivity index (χ1n) is 12.5. The molecule has 9 heteroatoms. The number of anilines is 2. The Morgan fingerprint density at radius 2 is 1.74 bits per heavy atom. The zero-order valence-electron chi connectivity index (χ0n) is 20.3. The number of hydrogen-bond acceptors (Lipinski definition) is 4. The van der Waals surface area contributed by atoms with Gasteiger partial charge in [-0.05, 0) is 73.8 Å². The molecule has 0 radical (unpaired) electrons. The van der Waals surface area contributed by atoms with Crippen molar-refractivity contribution in [2.45, 2.75) is 36.8 Å². The lowest BCUT2D eigenvalue weighted by Gasteiger charge is -2.43. The Bertz CT molecular complexity index is 1610. The molecule has 0 aliphatic carbocycles. The number of para-hydroxylation sites is 1. The molecule has 38 heavy (non-hydrogen) atoms. The topological polar surface area (TPSA) is 78.5 Å². The number of Topliss-reactive ketones (excluding diaryl/α,β-unsaturated/α-hetero) is 1. The summed E-state index contributed by atoms with van der Waals surface area (Å²) < 4.78 is 0. The first-order valence-corrected chi connectivity index (χ1v) is 13.7. The summed E-state index contributed by atoms with van der Waals surface area (Å²) in [4.78, 5) is 45.7. The van der Waals surface area contributed by atoms with E-state index in [4.69, 9.17) is 34.8 Å². The molecule has 0 saturated carbocycles. The van der Waals surface area contributed by atoms with Gasteiger partial charge in [0.25, 0.3) is 5.91 Å². The van der Waals surface area contributed by atoms with Gasteiger partial charge in [0.1, 0.15) is 11.0 Å². The minimum absolute atomic E-state index is 0.213. The van der Waals surface area contributed by atoms with Gasteiger partial charge in [0.05, 0.1) is 10.9 Å². The molecular formula is C29H22Cl3N3O3. The maximum Gasteiger partial charge on any atom is 0.251 e. The van der Waals surface area contributed by atoms with Crippen molar-refractivity contribution in [3.8, 4) is 0 Å². The monoisotopic (exact) mass is 565 g/mol. The molecule has 0 aromatic heterocycles. The van der Waals surface area contributed by atoms with E-state index < -0.39 is 16.9 Å². The van der Waals surface area contributed by atoms with E-state index in [9.17, 15) is 14.4 Å². The predicted molar refractivity (Wildman–Crippen MR) is 147 cm³/mol. The Kier molecular flexibility index (Phi) is 5.12. The standard InChI is InChI=1S/C29H22Cl3N3O3/c1-14-11-16(31)12-19-24(14)34-27(38)29(19)28(18-5-2-3-6-21(18)33-26(28)37)23(22-7-4-10-35(22)29)25(36)17-9-8-15(30)13-20(17)32/h2-3,5-6,8-9,11-13,22-23H,4,7,10H2,1H3,(H,33,37)(H,34,38)/t22-,23-,28-,29+/m1/s1. The van der Waals surface area contributed by atoms with Crippen LogP contribution in [0.2, 0.25) is 15.1 Å². The minimum atomic E-state index is -1.55. The van der Waals surface area contributed by atoms with Crippen LogP contribution in [0.1, 0.15) is 39.9 Å². The van der Waals surface area contributed by atoms with Crippen LogP contribution in [0.5, 0.6) is 0 Å². The van der Waals surface area contributed by atoms with Gasteiger partial charge < -0.3 is 10.6 Å². The Morgan fingerprint density at radius 3 is 2.53 bits per heavy atom. The van der Waals surface area contributed by atoms with Crippen molar-refractivity contribution >= 4 is 63.8 Å². The van der Waals surface area contributed by atoms with Gasteiger partial charge in [-0.1, -0.05) is 53.0 Å². The van der Waals surface area contributed by atoms with Crippen molar-refractivity contribution in [2.75, 3.05) is 17.2 Å². The van der Waals surface area contributed by atoms with Crippen LogP contribution in [0, 0.1) is 12.8 Å². The fourth-order valence-corrected chi connectivity index (χ4v) is 8.44. The van der Waals surface area contributed by atoms with Crippen LogP contribution in [-0.4, -0.2) is 35.1 Å². The van der Waals surface area contributed by atoms with Gasteiger partial charge in [-0.25, -0.2) is 0 Å². The molecule has 4 atom stereocenters. The molecule has 4 aliphatic rings. The van der Waals surface area contributed by atoms with E-state index in [0.29, 0.717) is 45.5 Å². The van der Waals surface area contributed by atoms with Crippen LogP contribution < -0.4 is 10.6 Å². The van der Waals surface area contributed by atoms with E-state index in [1.165, 1.54) is 6.07 Å². The lowest BCUT2D eigenvalue weighted by atomic mass is 9.57. The van der Waals surface area contributed by atoms with Crippen LogP contribution in [0.25, 0.3) is 0 Å².